The molecule has 0 saturated heterocycles. The van der Waals surface area contributed by atoms with Gasteiger partial charge in [0.15, 0.2) is 6.61 Å². The van der Waals surface area contributed by atoms with Crippen molar-refractivity contribution in [2.45, 2.75) is 19.3 Å². The largest absolute Gasteiger partial charge is 0.456 e. The summed E-state index contributed by atoms with van der Waals surface area (Å²) in [5.41, 5.74) is 0.393. The van der Waals surface area contributed by atoms with E-state index >= 15 is 0 Å². The highest BCUT2D eigenvalue weighted by Gasteiger charge is 2.16. The molecule has 1 aliphatic rings. The number of allylic oxidation sites excluding steroid dienone is 2. The molecule has 0 radical (unpaired) electrons. The molecule has 4 nitrogen and oxygen atoms in total. The van der Waals surface area contributed by atoms with E-state index in [1.54, 1.807) is 18.2 Å². The number of ether oxygens (including phenoxy) is 1. The van der Waals surface area contributed by atoms with Gasteiger partial charge in [-0.15, -0.1) is 0 Å². The molecule has 0 fully saturated rings. The second-order valence-electron chi connectivity index (χ2n) is 4.78. The Bertz CT molecular complexity index is 572. The summed E-state index contributed by atoms with van der Waals surface area (Å²) in [5.74, 6) is -0.601. The second-order valence-corrected chi connectivity index (χ2v) is 5.57. The number of hydrogen-bond donors (Lipinski definition) is 1. The van der Waals surface area contributed by atoms with E-state index in [4.69, 9.17) is 27.9 Å². The lowest BCUT2D eigenvalue weighted by Gasteiger charge is -2.10. The summed E-state index contributed by atoms with van der Waals surface area (Å²) in [6, 6.07) is 4.91. The van der Waals surface area contributed by atoms with Gasteiger partial charge in [-0.2, -0.15) is 0 Å². The average molecular weight is 328 g/mol. The highest BCUT2D eigenvalue weighted by atomic mass is 35.5. The quantitative estimate of drug-likeness (QED) is 0.660. The van der Waals surface area contributed by atoms with E-state index in [0.29, 0.717) is 17.1 Å². The van der Waals surface area contributed by atoms with Gasteiger partial charge in [-0.25, -0.2) is 0 Å². The fourth-order valence-corrected chi connectivity index (χ4v) is 2.42. The Hall–Kier alpha value is -1.52. The molecule has 0 aliphatic heterocycles. The van der Waals surface area contributed by atoms with Crippen LogP contribution in [0.1, 0.15) is 19.3 Å². The molecular formula is C15H15Cl2NO3. The van der Waals surface area contributed by atoms with Crippen molar-refractivity contribution < 1.29 is 14.3 Å². The molecule has 6 heteroatoms. The maximum atomic E-state index is 11.7. The summed E-state index contributed by atoms with van der Waals surface area (Å²) in [6.45, 7) is -0.335. The van der Waals surface area contributed by atoms with Crippen molar-refractivity contribution >= 4 is 40.8 Å². The standard InChI is InChI=1S/C15H15Cl2NO3/c16-11-6-3-7-12(15(11)17)18-13(19)9-21-14(20)8-10-4-1-2-5-10/h1,3-4,6-7,10H,2,5,8-9H2,(H,18,19)/t10-/m1/s1. The fraction of sp³-hybridized carbons (Fsp3) is 0.333. The van der Waals surface area contributed by atoms with Crippen molar-refractivity contribution in [1.29, 1.82) is 0 Å². The Kier molecular flexibility index (Phi) is 5.65. The third-order valence-electron chi connectivity index (χ3n) is 3.13. The third kappa shape index (κ3) is 4.76. The van der Waals surface area contributed by atoms with Crippen molar-refractivity contribution in [3.8, 4) is 0 Å². The highest BCUT2D eigenvalue weighted by Crippen LogP contribution is 2.29. The molecule has 0 aromatic heterocycles. The molecule has 0 spiro atoms. The molecule has 0 saturated carbocycles. The van der Waals surface area contributed by atoms with Gasteiger partial charge in [-0.3, -0.25) is 9.59 Å². The van der Waals surface area contributed by atoms with Crippen LogP contribution < -0.4 is 5.32 Å². The minimum atomic E-state index is -0.450. The maximum absolute atomic E-state index is 11.7. The van der Waals surface area contributed by atoms with Crippen LogP contribution in [0.15, 0.2) is 30.4 Å². The van der Waals surface area contributed by atoms with E-state index in [1.807, 2.05) is 12.2 Å². The number of amides is 1. The number of carbonyl (C=O) groups excluding carboxylic acids is 2. The molecule has 1 aliphatic carbocycles. The van der Waals surface area contributed by atoms with Crippen LogP contribution in [0, 0.1) is 5.92 Å². The van der Waals surface area contributed by atoms with Crippen LogP contribution in [0.3, 0.4) is 0 Å². The lowest BCUT2D eigenvalue weighted by Crippen LogP contribution is -2.21. The summed E-state index contributed by atoms with van der Waals surface area (Å²) in [5, 5.41) is 3.16. The summed E-state index contributed by atoms with van der Waals surface area (Å²) < 4.78 is 4.95. The number of esters is 1. The first-order valence-electron chi connectivity index (χ1n) is 6.62. The van der Waals surface area contributed by atoms with Crippen LogP contribution in [-0.2, 0) is 14.3 Å². The van der Waals surface area contributed by atoms with Crippen molar-refractivity contribution in [1.82, 2.24) is 0 Å². The molecule has 0 unspecified atom stereocenters. The normalized spacial score (nSPS) is 16.8. The Labute approximate surface area is 133 Å². The molecule has 1 aromatic rings. The molecule has 1 amide bonds. The zero-order valence-electron chi connectivity index (χ0n) is 11.3. The lowest BCUT2D eigenvalue weighted by molar-refractivity contribution is -0.147. The molecule has 112 valence electrons. The number of anilines is 1. The van der Waals surface area contributed by atoms with Gasteiger partial charge in [-0.1, -0.05) is 41.4 Å². The van der Waals surface area contributed by atoms with Gasteiger partial charge in [0.1, 0.15) is 0 Å². The van der Waals surface area contributed by atoms with Crippen LogP contribution in [-0.4, -0.2) is 18.5 Å². The molecule has 21 heavy (non-hydrogen) atoms. The Morgan fingerprint density at radius 2 is 2.14 bits per heavy atom. The molecule has 1 aromatic carbocycles. The fourth-order valence-electron chi connectivity index (χ4n) is 2.07. The Balaban J connectivity index is 1.78. The summed E-state index contributed by atoms with van der Waals surface area (Å²) in [6.07, 6.45) is 6.31. The zero-order chi connectivity index (χ0) is 15.2. The zero-order valence-corrected chi connectivity index (χ0v) is 12.8. The first kappa shape index (κ1) is 15.9. The molecule has 1 atom stereocenters. The predicted molar refractivity (Wildman–Crippen MR) is 82.5 cm³/mol. The van der Waals surface area contributed by atoms with Gasteiger partial charge in [0.2, 0.25) is 0 Å². The minimum Gasteiger partial charge on any atom is -0.456 e. The summed E-state index contributed by atoms with van der Waals surface area (Å²) >= 11 is 11.8. The van der Waals surface area contributed by atoms with Gasteiger partial charge < -0.3 is 10.1 Å². The second kappa shape index (κ2) is 7.48. The van der Waals surface area contributed by atoms with Gasteiger partial charge in [0, 0.05) is 0 Å². The summed E-state index contributed by atoms with van der Waals surface area (Å²) in [7, 11) is 0. The topological polar surface area (TPSA) is 55.4 Å². The van der Waals surface area contributed by atoms with Crippen molar-refractivity contribution in [2.24, 2.45) is 5.92 Å². The smallest absolute Gasteiger partial charge is 0.306 e. The summed E-state index contributed by atoms with van der Waals surface area (Å²) in [4.78, 5) is 23.3. The van der Waals surface area contributed by atoms with E-state index in [0.717, 1.165) is 12.8 Å². The van der Waals surface area contributed by atoms with Crippen LogP contribution in [0.2, 0.25) is 10.0 Å². The van der Waals surface area contributed by atoms with Crippen LogP contribution >= 0.6 is 23.2 Å². The molecule has 0 heterocycles. The number of carbonyl (C=O) groups is 2. The number of hydrogen-bond acceptors (Lipinski definition) is 3. The van der Waals surface area contributed by atoms with E-state index in [1.165, 1.54) is 0 Å². The van der Waals surface area contributed by atoms with E-state index < -0.39 is 5.91 Å². The minimum absolute atomic E-state index is 0.225. The average Bonchev–Trinajstić information content (AvgIpc) is 2.94. The van der Waals surface area contributed by atoms with E-state index in [2.05, 4.69) is 5.32 Å². The van der Waals surface area contributed by atoms with E-state index in [-0.39, 0.29) is 23.5 Å². The van der Waals surface area contributed by atoms with Crippen molar-refractivity contribution in [3.63, 3.8) is 0 Å². The predicted octanol–water partition coefficient (Wildman–Crippen LogP) is 3.83. The molecular weight excluding hydrogens is 313 g/mol. The first-order chi connectivity index (χ1) is 10.1. The van der Waals surface area contributed by atoms with Crippen LogP contribution in [0.5, 0.6) is 0 Å². The van der Waals surface area contributed by atoms with Crippen molar-refractivity contribution in [2.75, 3.05) is 11.9 Å². The van der Waals surface area contributed by atoms with Crippen LogP contribution in [0.25, 0.3) is 0 Å². The van der Waals surface area contributed by atoms with Crippen LogP contribution in [0.4, 0.5) is 5.69 Å². The number of halogens is 2. The highest BCUT2D eigenvalue weighted by molar-refractivity contribution is 6.43. The van der Waals surface area contributed by atoms with Gasteiger partial charge in [0.25, 0.3) is 5.91 Å². The SMILES string of the molecule is O=C(COC(=O)C[C@@H]1C=CCC1)Nc1cccc(Cl)c1Cl. The third-order valence-corrected chi connectivity index (χ3v) is 3.95. The van der Waals surface area contributed by atoms with Crippen molar-refractivity contribution in [3.05, 3.63) is 40.4 Å². The maximum Gasteiger partial charge on any atom is 0.306 e. The van der Waals surface area contributed by atoms with E-state index in [9.17, 15) is 9.59 Å². The number of benzene rings is 1. The molecule has 0 bridgehead atoms. The number of nitrogens with one attached hydrogen (secondary N) is 1. The lowest BCUT2D eigenvalue weighted by atomic mass is 10.1. The van der Waals surface area contributed by atoms with Gasteiger partial charge in [-0.05, 0) is 30.9 Å². The van der Waals surface area contributed by atoms with Gasteiger partial charge >= 0.3 is 5.97 Å². The molecule has 2 rings (SSSR count). The van der Waals surface area contributed by atoms with Gasteiger partial charge in [0.05, 0.1) is 22.2 Å². The Morgan fingerprint density at radius 1 is 1.33 bits per heavy atom. The Morgan fingerprint density at radius 3 is 2.86 bits per heavy atom. The monoisotopic (exact) mass is 327 g/mol. The molecule has 1 N–H and O–H groups in total. The number of rotatable bonds is 5. The first-order valence-corrected chi connectivity index (χ1v) is 7.38.